The molecule has 1 heterocycles. The van der Waals surface area contributed by atoms with Crippen LogP contribution in [0, 0.1) is 0 Å². The van der Waals surface area contributed by atoms with Gasteiger partial charge in [0.25, 0.3) is 0 Å². The molecule has 0 bridgehead atoms. The fourth-order valence-corrected chi connectivity index (χ4v) is 4.31. The standard InChI is InChI=1S/C27H24N2O3S/c1-32-25-13-6-5-12-22(25)24(30)14-15-26(31)28-17-19-8-7-11-21(16-19)27-29-23(18-33-27)20-9-3-2-4-10-20/h2-13,16,18H,14-15,17H2,1H3,(H,28,31). The largest absolute Gasteiger partial charge is 0.496 e. The smallest absolute Gasteiger partial charge is 0.220 e. The average molecular weight is 457 g/mol. The molecule has 0 aliphatic rings. The summed E-state index contributed by atoms with van der Waals surface area (Å²) in [5.74, 6) is 0.254. The van der Waals surface area contributed by atoms with Crippen LogP contribution in [0.1, 0.15) is 28.8 Å². The maximum absolute atomic E-state index is 12.4. The number of Topliss-reactive ketones (excluding diaryl/α,β-unsaturated/α-hetero) is 1. The second kappa shape index (κ2) is 10.7. The first-order valence-corrected chi connectivity index (χ1v) is 11.5. The van der Waals surface area contributed by atoms with E-state index in [-0.39, 0.29) is 24.5 Å². The van der Waals surface area contributed by atoms with E-state index in [0.717, 1.165) is 27.4 Å². The van der Waals surface area contributed by atoms with E-state index in [2.05, 4.69) is 10.7 Å². The zero-order valence-corrected chi connectivity index (χ0v) is 19.1. The van der Waals surface area contributed by atoms with E-state index in [9.17, 15) is 9.59 Å². The molecule has 6 heteroatoms. The number of methoxy groups -OCH3 is 1. The Morgan fingerprint density at radius 2 is 1.67 bits per heavy atom. The van der Waals surface area contributed by atoms with Gasteiger partial charge >= 0.3 is 0 Å². The molecule has 0 fully saturated rings. The zero-order chi connectivity index (χ0) is 23.0. The zero-order valence-electron chi connectivity index (χ0n) is 18.3. The molecule has 3 aromatic carbocycles. The summed E-state index contributed by atoms with van der Waals surface area (Å²) in [5.41, 5.74) is 4.53. The fourth-order valence-electron chi connectivity index (χ4n) is 3.49. The van der Waals surface area contributed by atoms with Gasteiger partial charge in [-0.25, -0.2) is 4.98 Å². The first-order valence-electron chi connectivity index (χ1n) is 10.7. The third-order valence-corrected chi connectivity index (χ3v) is 6.12. The molecule has 4 rings (SSSR count). The number of ketones is 1. The molecule has 1 amide bonds. The molecule has 0 saturated heterocycles. The van der Waals surface area contributed by atoms with Crippen LogP contribution in [0.5, 0.6) is 5.75 Å². The summed E-state index contributed by atoms with van der Waals surface area (Å²) < 4.78 is 5.23. The molecule has 5 nitrogen and oxygen atoms in total. The van der Waals surface area contributed by atoms with Crippen molar-refractivity contribution in [1.82, 2.24) is 10.3 Å². The number of aromatic nitrogens is 1. The van der Waals surface area contributed by atoms with Crippen molar-refractivity contribution in [1.29, 1.82) is 0 Å². The lowest BCUT2D eigenvalue weighted by atomic mass is 10.1. The summed E-state index contributed by atoms with van der Waals surface area (Å²) in [5, 5.41) is 5.89. The fraction of sp³-hybridized carbons (Fsp3) is 0.148. The third kappa shape index (κ3) is 5.73. The number of carbonyl (C=O) groups is 2. The van der Waals surface area contributed by atoms with Crippen LogP contribution in [-0.4, -0.2) is 23.8 Å². The predicted molar refractivity (Wildman–Crippen MR) is 131 cm³/mol. The summed E-state index contributed by atoms with van der Waals surface area (Å²) in [7, 11) is 1.53. The molecule has 0 radical (unpaired) electrons. The molecule has 0 atom stereocenters. The van der Waals surface area contributed by atoms with Gasteiger partial charge in [-0.2, -0.15) is 0 Å². The first kappa shape index (κ1) is 22.4. The molecule has 166 valence electrons. The van der Waals surface area contributed by atoms with E-state index in [4.69, 9.17) is 9.72 Å². The van der Waals surface area contributed by atoms with Crippen LogP contribution in [0.2, 0.25) is 0 Å². The lowest BCUT2D eigenvalue weighted by Crippen LogP contribution is -2.23. The summed E-state index contributed by atoms with van der Waals surface area (Å²) in [6, 6.07) is 25.1. The number of hydrogen-bond acceptors (Lipinski definition) is 5. The minimum Gasteiger partial charge on any atom is -0.496 e. The monoisotopic (exact) mass is 456 g/mol. The van der Waals surface area contributed by atoms with Gasteiger partial charge in [-0.1, -0.05) is 60.7 Å². The van der Waals surface area contributed by atoms with Crippen molar-refractivity contribution in [3.63, 3.8) is 0 Å². The van der Waals surface area contributed by atoms with E-state index in [0.29, 0.717) is 17.9 Å². The number of thiazole rings is 1. The van der Waals surface area contributed by atoms with Crippen molar-refractivity contribution in [3.8, 4) is 27.6 Å². The Labute approximate surface area is 197 Å². The Morgan fingerprint density at radius 3 is 2.48 bits per heavy atom. The summed E-state index contributed by atoms with van der Waals surface area (Å²) in [6.45, 7) is 0.395. The Hall–Kier alpha value is -3.77. The quantitative estimate of drug-likeness (QED) is 0.325. The van der Waals surface area contributed by atoms with Gasteiger partial charge in [0.2, 0.25) is 5.91 Å². The molecule has 33 heavy (non-hydrogen) atoms. The Kier molecular flexibility index (Phi) is 7.27. The molecule has 0 unspecified atom stereocenters. The van der Waals surface area contributed by atoms with Crippen LogP contribution in [0.3, 0.4) is 0 Å². The van der Waals surface area contributed by atoms with Crippen LogP contribution in [0.15, 0.2) is 84.2 Å². The summed E-state index contributed by atoms with van der Waals surface area (Å²) in [4.78, 5) is 29.5. The second-order valence-corrected chi connectivity index (χ2v) is 8.36. The number of carbonyl (C=O) groups excluding carboxylic acids is 2. The molecule has 0 aliphatic heterocycles. The summed E-state index contributed by atoms with van der Waals surface area (Å²) in [6.07, 6.45) is 0.261. The second-order valence-electron chi connectivity index (χ2n) is 7.50. The van der Waals surface area contributed by atoms with E-state index in [1.807, 2.05) is 60.7 Å². The molecule has 1 aromatic heterocycles. The van der Waals surface area contributed by atoms with Crippen molar-refractivity contribution in [2.75, 3.05) is 7.11 Å². The van der Waals surface area contributed by atoms with Gasteiger partial charge in [0.1, 0.15) is 10.8 Å². The highest BCUT2D eigenvalue weighted by Gasteiger charge is 2.13. The molecular formula is C27H24N2O3S. The highest BCUT2D eigenvalue weighted by Crippen LogP contribution is 2.29. The number of ether oxygens (including phenoxy) is 1. The average Bonchev–Trinajstić information content (AvgIpc) is 3.37. The van der Waals surface area contributed by atoms with Gasteiger partial charge in [-0.3, -0.25) is 9.59 Å². The summed E-state index contributed by atoms with van der Waals surface area (Å²) >= 11 is 1.60. The normalized spacial score (nSPS) is 10.6. The third-order valence-electron chi connectivity index (χ3n) is 5.22. The molecule has 1 N–H and O–H groups in total. The number of nitrogens with one attached hydrogen (secondary N) is 1. The van der Waals surface area contributed by atoms with Gasteiger partial charge < -0.3 is 10.1 Å². The van der Waals surface area contributed by atoms with Crippen LogP contribution >= 0.6 is 11.3 Å². The molecular weight excluding hydrogens is 432 g/mol. The minimum atomic E-state index is -0.163. The van der Waals surface area contributed by atoms with E-state index in [1.165, 1.54) is 7.11 Å². The molecule has 0 aliphatic carbocycles. The topological polar surface area (TPSA) is 68.3 Å². The van der Waals surface area contributed by atoms with E-state index in [1.54, 1.807) is 29.5 Å². The lowest BCUT2D eigenvalue weighted by molar-refractivity contribution is -0.121. The molecule has 0 saturated carbocycles. The molecule has 4 aromatic rings. The highest BCUT2D eigenvalue weighted by atomic mass is 32.1. The van der Waals surface area contributed by atoms with Crippen LogP contribution < -0.4 is 10.1 Å². The first-order chi connectivity index (χ1) is 16.1. The Balaban J connectivity index is 1.33. The van der Waals surface area contributed by atoms with Gasteiger partial charge in [-0.05, 0) is 23.8 Å². The number of rotatable bonds is 9. The molecule has 0 spiro atoms. The van der Waals surface area contributed by atoms with Gasteiger partial charge in [0.15, 0.2) is 5.78 Å². The van der Waals surface area contributed by atoms with Crippen LogP contribution in [-0.2, 0) is 11.3 Å². The van der Waals surface area contributed by atoms with E-state index < -0.39 is 0 Å². The van der Waals surface area contributed by atoms with E-state index >= 15 is 0 Å². The Bertz CT molecular complexity index is 1250. The maximum Gasteiger partial charge on any atom is 0.220 e. The number of amides is 1. The maximum atomic E-state index is 12.4. The SMILES string of the molecule is COc1ccccc1C(=O)CCC(=O)NCc1cccc(-c2nc(-c3ccccc3)cs2)c1. The van der Waals surface area contributed by atoms with Crippen molar-refractivity contribution in [3.05, 3.63) is 95.4 Å². The van der Waals surface area contributed by atoms with Crippen molar-refractivity contribution >= 4 is 23.0 Å². The van der Waals surface area contributed by atoms with Crippen molar-refractivity contribution < 1.29 is 14.3 Å². The van der Waals surface area contributed by atoms with Crippen molar-refractivity contribution in [2.24, 2.45) is 0 Å². The minimum absolute atomic E-state index is 0.109. The number of para-hydroxylation sites is 1. The highest BCUT2D eigenvalue weighted by molar-refractivity contribution is 7.13. The van der Waals surface area contributed by atoms with Gasteiger partial charge in [0.05, 0.1) is 18.4 Å². The number of hydrogen-bond donors (Lipinski definition) is 1. The Morgan fingerprint density at radius 1 is 0.909 bits per heavy atom. The van der Waals surface area contributed by atoms with Gasteiger partial charge in [0, 0.05) is 35.9 Å². The van der Waals surface area contributed by atoms with Crippen molar-refractivity contribution in [2.45, 2.75) is 19.4 Å². The lowest BCUT2D eigenvalue weighted by Gasteiger charge is -2.08. The van der Waals surface area contributed by atoms with Gasteiger partial charge in [-0.15, -0.1) is 11.3 Å². The number of nitrogens with zero attached hydrogens (tertiary/aromatic N) is 1. The van der Waals surface area contributed by atoms with Crippen LogP contribution in [0.25, 0.3) is 21.8 Å². The predicted octanol–water partition coefficient (Wildman–Crippen LogP) is 5.77. The number of benzene rings is 3. The van der Waals surface area contributed by atoms with Crippen LogP contribution in [0.4, 0.5) is 0 Å².